The van der Waals surface area contributed by atoms with Crippen molar-refractivity contribution in [3.63, 3.8) is 0 Å². The third-order valence-electron chi connectivity index (χ3n) is 5.18. The van der Waals surface area contributed by atoms with Gasteiger partial charge in [-0.25, -0.2) is 0 Å². The zero-order valence-electron chi connectivity index (χ0n) is 16.4. The van der Waals surface area contributed by atoms with Gasteiger partial charge >= 0.3 is 0 Å². The number of nitrogens with zero attached hydrogens (tertiary/aromatic N) is 5. The predicted molar refractivity (Wildman–Crippen MR) is 113 cm³/mol. The highest BCUT2D eigenvalue weighted by Crippen LogP contribution is 2.26. The molecule has 0 bridgehead atoms. The summed E-state index contributed by atoms with van der Waals surface area (Å²) in [5, 5.41) is 11.2. The fraction of sp³-hybridized carbons (Fsp3) is 0.579. The summed E-state index contributed by atoms with van der Waals surface area (Å²) < 4.78 is 4.33. The van der Waals surface area contributed by atoms with E-state index in [-0.39, 0.29) is 11.5 Å². The topological polar surface area (TPSA) is 72.5 Å². The first-order chi connectivity index (χ1) is 13.5. The van der Waals surface area contributed by atoms with Gasteiger partial charge in [0.2, 0.25) is 11.7 Å². The number of hydrogen-bond donors (Lipinski definition) is 0. The smallest absolute Gasteiger partial charge is 0.272 e. The van der Waals surface area contributed by atoms with Crippen LogP contribution in [0.2, 0.25) is 0 Å². The molecule has 0 N–H and O–H groups in total. The van der Waals surface area contributed by atoms with E-state index in [1.807, 2.05) is 20.7 Å². The van der Waals surface area contributed by atoms with E-state index in [4.69, 9.17) is 0 Å². The second-order valence-corrected chi connectivity index (χ2v) is 9.64. The van der Waals surface area contributed by atoms with Gasteiger partial charge in [-0.2, -0.15) is 0 Å². The monoisotopic (exact) mass is 419 g/mol. The van der Waals surface area contributed by atoms with E-state index < -0.39 is 0 Å². The summed E-state index contributed by atoms with van der Waals surface area (Å²) in [4.78, 5) is 27.6. The van der Waals surface area contributed by atoms with E-state index in [2.05, 4.69) is 31.0 Å². The maximum absolute atomic E-state index is 12.9. The molecule has 28 heavy (non-hydrogen) atoms. The van der Waals surface area contributed by atoms with Gasteiger partial charge in [0.25, 0.3) is 5.56 Å². The predicted octanol–water partition coefficient (Wildman–Crippen LogP) is 3.25. The number of likely N-dealkylation sites (tertiary alicyclic amines) is 1. The second kappa shape index (κ2) is 7.87. The van der Waals surface area contributed by atoms with Crippen LogP contribution in [-0.2, 0) is 11.3 Å². The van der Waals surface area contributed by atoms with Gasteiger partial charge in [-0.1, -0.05) is 25.6 Å². The van der Waals surface area contributed by atoms with Gasteiger partial charge in [0.15, 0.2) is 5.16 Å². The van der Waals surface area contributed by atoms with Crippen molar-refractivity contribution in [2.75, 3.05) is 12.3 Å². The number of fused-ring (bicyclic) bond motifs is 3. The number of piperidine rings is 1. The Balaban J connectivity index is 1.68. The summed E-state index contributed by atoms with van der Waals surface area (Å²) in [6.45, 7) is 7.69. The largest absolute Gasteiger partial charge is 0.339 e. The number of thiophene rings is 1. The van der Waals surface area contributed by atoms with Gasteiger partial charge in [-0.05, 0) is 43.6 Å². The van der Waals surface area contributed by atoms with E-state index in [9.17, 15) is 9.59 Å². The highest BCUT2D eigenvalue weighted by Gasteiger charge is 2.24. The van der Waals surface area contributed by atoms with Crippen molar-refractivity contribution in [3.05, 3.63) is 21.8 Å². The first-order valence-electron chi connectivity index (χ1n) is 9.74. The number of amides is 1. The van der Waals surface area contributed by atoms with Crippen molar-refractivity contribution in [3.8, 4) is 0 Å². The van der Waals surface area contributed by atoms with Gasteiger partial charge in [0, 0.05) is 19.1 Å². The van der Waals surface area contributed by atoms with E-state index in [1.54, 1.807) is 4.57 Å². The quantitative estimate of drug-likeness (QED) is 0.594. The van der Waals surface area contributed by atoms with Crippen molar-refractivity contribution in [2.45, 2.75) is 57.8 Å². The van der Waals surface area contributed by atoms with Crippen molar-refractivity contribution in [1.29, 1.82) is 0 Å². The lowest BCUT2D eigenvalue weighted by atomic mass is 10.0. The summed E-state index contributed by atoms with van der Waals surface area (Å²) in [5.41, 5.74) is 0.796. The number of aromatic nitrogens is 4. The standard InChI is InChI=1S/C19H25N5O2S2/c1-12(2)10-23-17(26)16-14(7-9-27-16)24-18(23)20-21-19(24)28-11-15(25)22-8-5-4-6-13(22)3/h7,9,12-13H,4-6,8,10-11H2,1-3H3. The lowest BCUT2D eigenvalue weighted by molar-refractivity contribution is -0.131. The molecular formula is C19H25N5O2S2. The Hall–Kier alpha value is -1.87. The maximum atomic E-state index is 12.9. The Morgan fingerprint density at radius 1 is 1.36 bits per heavy atom. The lowest BCUT2D eigenvalue weighted by Crippen LogP contribution is -2.42. The summed E-state index contributed by atoms with van der Waals surface area (Å²) >= 11 is 2.83. The molecule has 0 saturated carbocycles. The van der Waals surface area contributed by atoms with Gasteiger partial charge < -0.3 is 4.90 Å². The van der Waals surface area contributed by atoms with Crippen LogP contribution < -0.4 is 5.56 Å². The molecule has 3 aromatic heterocycles. The van der Waals surface area contributed by atoms with Gasteiger partial charge in [-0.3, -0.25) is 18.6 Å². The number of hydrogen-bond acceptors (Lipinski definition) is 6. The second-order valence-electron chi connectivity index (χ2n) is 7.78. The zero-order valence-corrected chi connectivity index (χ0v) is 18.1. The third-order valence-corrected chi connectivity index (χ3v) is 6.98. The van der Waals surface area contributed by atoms with Crippen LogP contribution in [0.25, 0.3) is 16.0 Å². The molecule has 1 amide bonds. The molecule has 150 valence electrons. The van der Waals surface area contributed by atoms with Gasteiger partial charge in [-0.15, -0.1) is 21.5 Å². The maximum Gasteiger partial charge on any atom is 0.272 e. The molecule has 9 heteroatoms. The minimum atomic E-state index is -0.0200. The first-order valence-corrected chi connectivity index (χ1v) is 11.6. The molecule has 0 radical (unpaired) electrons. The molecule has 0 aliphatic carbocycles. The Labute approximate surface area is 171 Å². The molecule has 7 nitrogen and oxygen atoms in total. The SMILES string of the molecule is CC(C)Cn1c(=O)c2sccc2n2c(SCC(=O)N3CCCCC3C)nnc12. The lowest BCUT2D eigenvalue weighted by Gasteiger charge is -2.33. The van der Waals surface area contributed by atoms with Gasteiger partial charge in [0.05, 0.1) is 11.3 Å². The molecule has 0 spiro atoms. The molecule has 1 unspecified atom stereocenters. The Morgan fingerprint density at radius 2 is 2.18 bits per heavy atom. The normalized spacial score (nSPS) is 17.9. The molecule has 3 aromatic rings. The van der Waals surface area contributed by atoms with Crippen LogP contribution in [0.1, 0.15) is 40.0 Å². The average molecular weight is 420 g/mol. The number of carbonyl (C=O) groups excluding carboxylic acids is 1. The summed E-state index contributed by atoms with van der Waals surface area (Å²) in [6.07, 6.45) is 3.34. The summed E-state index contributed by atoms with van der Waals surface area (Å²) in [6, 6.07) is 2.23. The molecule has 4 heterocycles. The van der Waals surface area contributed by atoms with Gasteiger partial charge in [0.1, 0.15) is 4.70 Å². The number of carbonyl (C=O) groups is 1. The molecule has 1 aliphatic heterocycles. The molecule has 1 aliphatic rings. The van der Waals surface area contributed by atoms with Crippen molar-refractivity contribution in [1.82, 2.24) is 24.1 Å². The van der Waals surface area contributed by atoms with Crippen molar-refractivity contribution < 1.29 is 4.79 Å². The first kappa shape index (κ1) is 19.4. The van der Waals surface area contributed by atoms with E-state index >= 15 is 0 Å². The fourth-order valence-electron chi connectivity index (χ4n) is 3.80. The Morgan fingerprint density at radius 3 is 2.93 bits per heavy atom. The summed E-state index contributed by atoms with van der Waals surface area (Å²) in [5.74, 6) is 1.34. The van der Waals surface area contributed by atoms with Crippen molar-refractivity contribution in [2.24, 2.45) is 5.92 Å². The highest BCUT2D eigenvalue weighted by molar-refractivity contribution is 7.99. The molecule has 0 aromatic carbocycles. The average Bonchev–Trinajstić information content (AvgIpc) is 3.30. The third kappa shape index (κ3) is 3.45. The number of rotatable bonds is 5. The summed E-state index contributed by atoms with van der Waals surface area (Å²) in [7, 11) is 0. The van der Waals surface area contributed by atoms with Crippen LogP contribution >= 0.6 is 23.1 Å². The molecule has 1 fully saturated rings. The van der Waals surface area contributed by atoms with E-state index in [0.717, 1.165) is 24.9 Å². The van der Waals surface area contributed by atoms with Crippen LogP contribution in [0.3, 0.4) is 0 Å². The Kier molecular flexibility index (Phi) is 5.46. The fourth-order valence-corrected chi connectivity index (χ4v) is 5.45. The van der Waals surface area contributed by atoms with E-state index in [0.29, 0.717) is 39.9 Å². The van der Waals surface area contributed by atoms with Crippen LogP contribution in [0.15, 0.2) is 21.4 Å². The van der Waals surface area contributed by atoms with E-state index in [1.165, 1.54) is 29.5 Å². The zero-order chi connectivity index (χ0) is 19.8. The minimum absolute atomic E-state index is 0.0200. The van der Waals surface area contributed by atoms with Crippen molar-refractivity contribution >= 4 is 45.0 Å². The molecule has 1 saturated heterocycles. The highest BCUT2D eigenvalue weighted by atomic mass is 32.2. The Bertz CT molecular complexity index is 1070. The minimum Gasteiger partial charge on any atom is -0.339 e. The molecule has 1 atom stereocenters. The molecular weight excluding hydrogens is 394 g/mol. The van der Waals surface area contributed by atoms with Crippen LogP contribution in [0.5, 0.6) is 0 Å². The number of thioether (sulfide) groups is 1. The molecule has 4 rings (SSSR count). The van der Waals surface area contributed by atoms with Crippen LogP contribution in [0.4, 0.5) is 0 Å². The van der Waals surface area contributed by atoms with Crippen LogP contribution in [0, 0.1) is 5.92 Å². The van der Waals surface area contributed by atoms with Crippen LogP contribution in [-0.4, -0.2) is 48.3 Å².